The van der Waals surface area contributed by atoms with Crippen molar-refractivity contribution in [1.29, 1.82) is 0 Å². The Morgan fingerprint density at radius 1 is 0.913 bits per heavy atom. The first kappa shape index (κ1) is 21.9. The highest BCUT2D eigenvalue weighted by Crippen LogP contribution is 2.04. The van der Waals surface area contributed by atoms with Crippen LogP contribution >= 0.6 is 11.6 Å². The molecule has 0 fully saturated rings. The second kappa shape index (κ2) is 17.2. The number of halogens is 1. The van der Waals surface area contributed by atoms with Gasteiger partial charge in [-0.25, -0.2) is 4.58 Å². The molecule has 0 aliphatic carbocycles. The van der Waals surface area contributed by atoms with E-state index in [1.807, 2.05) is 0 Å². The fraction of sp³-hybridized carbons (Fsp3) is 0.550. The van der Waals surface area contributed by atoms with Gasteiger partial charge in [0.2, 0.25) is 0 Å². The Labute approximate surface area is 147 Å². The normalized spacial score (nSPS) is 14.9. The maximum atomic E-state index is 8.93. The largest absolute Gasteiger partial charge is 0.378 e. The van der Waals surface area contributed by atoms with Gasteiger partial charge in [-0.1, -0.05) is 61.1 Å². The molecule has 0 aromatic carbocycles. The smallest absolute Gasteiger partial charge is 0.160 e. The summed E-state index contributed by atoms with van der Waals surface area (Å²) < 4.78 is 2.18. The van der Waals surface area contributed by atoms with Crippen LogP contribution in [0.25, 0.3) is 0 Å². The molecule has 2 nitrogen and oxygen atoms in total. The number of aliphatic hydroxyl groups is 1. The minimum Gasteiger partial charge on any atom is -0.378 e. The van der Waals surface area contributed by atoms with Crippen LogP contribution in [0.5, 0.6) is 0 Å². The number of hydrogen-bond donors (Lipinski definition) is 1. The molecule has 3 heteroatoms. The summed E-state index contributed by atoms with van der Waals surface area (Å²) in [7, 11) is 2.08. The standard InChI is InChI=1S/C20H33ClNO/c1-3-4-5-6-7-8-9-10-12-15-18-22(2)19-16-13-11-14-17-20(21)23/h4-5,7-8,10,12-13,16,18,20,23H,3,6,9,11,14-15,17,19H2,1-2H3/q+1. The van der Waals surface area contributed by atoms with Crippen molar-refractivity contribution in [1.82, 2.24) is 0 Å². The molecule has 23 heavy (non-hydrogen) atoms. The number of nitrogens with zero attached hydrogens (tertiary/aromatic N) is 1. The third-order valence-corrected chi connectivity index (χ3v) is 3.42. The number of allylic oxidation sites excluding steroid dienone is 7. The van der Waals surface area contributed by atoms with E-state index in [0.717, 1.165) is 45.1 Å². The van der Waals surface area contributed by atoms with Crippen LogP contribution in [0.1, 0.15) is 51.9 Å². The summed E-state index contributed by atoms with van der Waals surface area (Å²) in [6, 6.07) is 0. The summed E-state index contributed by atoms with van der Waals surface area (Å²) in [5.74, 6) is 0. The van der Waals surface area contributed by atoms with Crippen molar-refractivity contribution in [3.8, 4) is 0 Å². The zero-order valence-corrected chi connectivity index (χ0v) is 15.5. The van der Waals surface area contributed by atoms with Gasteiger partial charge in [-0.05, 0) is 44.6 Å². The SMILES string of the molecule is CCC=CCC=CCC=CCC=[N+](C)CC=CCCCC(O)Cl. The molecule has 0 heterocycles. The van der Waals surface area contributed by atoms with Gasteiger partial charge in [-0.15, -0.1) is 0 Å². The molecule has 0 aromatic rings. The molecule has 0 aliphatic rings. The van der Waals surface area contributed by atoms with Gasteiger partial charge < -0.3 is 5.11 Å². The zero-order chi connectivity index (χ0) is 17.2. The number of rotatable bonds is 13. The predicted octanol–water partition coefficient (Wildman–Crippen LogP) is 5.23. The quantitative estimate of drug-likeness (QED) is 0.160. The number of alkyl halides is 1. The summed E-state index contributed by atoms with van der Waals surface area (Å²) in [5.41, 5.74) is -0.700. The van der Waals surface area contributed by atoms with Crippen molar-refractivity contribution in [2.24, 2.45) is 0 Å². The molecule has 0 aliphatic heterocycles. The Morgan fingerprint density at radius 3 is 2.13 bits per heavy atom. The van der Waals surface area contributed by atoms with E-state index in [4.69, 9.17) is 16.7 Å². The van der Waals surface area contributed by atoms with Crippen LogP contribution < -0.4 is 0 Å². The molecule has 0 radical (unpaired) electrons. The minimum atomic E-state index is -0.700. The second-order valence-corrected chi connectivity index (χ2v) is 5.99. The third-order valence-electron chi connectivity index (χ3n) is 3.21. The van der Waals surface area contributed by atoms with E-state index in [2.05, 4.69) is 73.4 Å². The lowest BCUT2D eigenvalue weighted by Crippen LogP contribution is -2.06. The van der Waals surface area contributed by atoms with Gasteiger partial charge in [0, 0.05) is 6.42 Å². The first-order chi connectivity index (χ1) is 11.2. The fourth-order valence-corrected chi connectivity index (χ4v) is 2.04. The van der Waals surface area contributed by atoms with E-state index in [-0.39, 0.29) is 0 Å². The van der Waals surface area contributed by atoms with Gasteiger partial charge in [0.25, 0.3) is 0 Å². The maximum absolute atomic E-state index is 8.93. The summed E-state index contributed by atoms with van der Waals surface area (Å²) in [4.78, 5) is 0. The number of unbranched alkanes of at least 4 members (excludes halogenated alkanes) is 1. The Kier molecular flexibility index (Phi) is 16.4. The Hall–Kier alpha value is -1.12. The Balaban J connectivity index is 3.67. The van der Waals surface area contributed by atoms with Crippen molar-refractivity contribution in [2.45, 2.75) is 57.4 Å². The Bertz CT molecular complexity index is 406. The van der Waals surface area contributed by atoms with Gasteiger partial charge in [0.15, 0.2) is 6.54 Å². The molecule has 130 valence electrons. The molecule has 0 bridgehead atoms. The van der Waals surface area contributed by atoms with E-state index in [1.165, 1.54) is 0 Å². The van der Waals surface area contributed by atoms with Crippen LogP contribution in [0.15, 0.2) is 48.6 Å². The zero-order valence-electron chi connectivity index (χ0n) is 14.7. The molecule has 0 spiro atoms. The van der Waals surface area contributed by atoms with Crippen molar-refractivity contribution in [3.63, 3.8) is 0 Å². The van der Waals surface area contributed by atoms with Crippen LogP contribution in [0.2, 0.25) is 0 Å². The van der Waals surface area contributed by atoms with Crippen LogP contribution in [-0.2, 0) is 0 Å². The van der Waals surface area contributed by atoms with Crippen molar-refractivity contribution >= 4 is 17.8 Å². The van der Waals surface area contributed by atoms with Crippen LogP contribution in [0.3, 0.4) is 0 Å². The summed E-state index contributed by atoms with van der Waals surface area (Å²) >= 11 is 5.48. The highest BCUT2D eigenvalue weighted by Gasteiger charge is 1.95. The van der Waals surface area contributed by atoms with E-state index >= 15 is 0 Å². The molecule has 1 N–H and O–H groups in total. The lowest BCUT2D eigenvalue weighted by Gasteiger charge is -1.97. The Morgan fingerprint density at radius 2 is 1.52 bits per heavy atom. The van der Waals surface area contributed by atoms with E-state index in [1.54, 1.807) is 0 Å². The average molecular weight is 339 g/mol. The van der Waals surface area contributed by atoms with Crippen LogP contribution in [-0.4, -0.2) is 35.1 Å². The van der Waals surface area contributed by atoms with Crippen molar-refractivity contribution in [3.05, 3.63) is 48.6 Å². The maximum Gasteiger partial charge on any atom is 0.160 e. The lowest BCUT2D eigenvalue weighted by atomic mass is 10.2. The van der Waals surface area contributed by atoms with Gasteiger partial charge in [-0.2, -0.15) is 0 Å². The predicted molar refractivity (Wildman–Crippen MR) is 104 cm³/mol. The molecular weight excluding hydrogens is 306 g/mol. The van der Waals surface area contributed by atoms with Crippen molar-refractivity contribution < 1.29 is 9.68 Å². The molecule has 0 rings (SSSR count). The summed E-state index contributed by atoms with van der Waals surface area (Å²) in [6.45, 7) is 3.07. The molecule has 1 unspecified atom stereocenters. The first-order valence-corrected chi connectivity index (χ1v) is 9.06. The average Bonchev–Trinajstić information content (AvgIpc) is 2.52. The number of aliphatic hydroxyl groups excluding tert-OH is 1. The molecule has 0 saturated carbocycles. The first-order valence-electron chi connectivity index (χ1n) is 8.62. The molecular formula is C20H33ClNO+. The lowest BCUT2D eigenvalue weighted by molar-refractivity contribution is -0.482. The summed E-state index contributed by atoms with van der Waals surface area (Å²) in [6.07, 6.45) is 26.4. The van der Waals surface area contributed by atoms with Gasteiger partial charge in [0.1, 0.15) is 18.8 Å². The molecule has 0 aromatic heterocycles. The van der Waals surface area contributed by atoms with Gasteiger partial charge in [-0.3, -0.25) is 0 Å². The second-order valence-electron chi connectivity index (χ2n) is 5.49. The van der Waals surface area contributed by atoms with Gasteiger partial charge in [0.05, 0.1) is 0 Å². The van der Waals surface area contributed by atoms with E-state index in [0.29, 0.717) is 6.42 Å². The fourth-order valence-electron chi connectivity index (χ4n) is 1.88. The van der Waals surface area contributed by atoms with E-state index in [9.17, 15) is 0 Å². The van der Waals surface area contributed by atoms with Gasteiger partial charge >= 0.3 is 0 Å². The van der Waals surface area contributed by atoms with Crippen LogP contribution in [0.4, 0.5) is 0 Å². The van der Waals surface area contributed by atoms with E-state index < -0.39 is 5.56 Å². The minimum absolute atomic E-state index is 0.655. The van der Waals surface area contributed by atoms with Crippen LogP contribution in [0, 0.1) is 0 Å². The molecule has 0 amide bonds. The highest BCUT2D eigenvalue weighted by molar-refractivity contribution is 6.19. The number of hydrogen-bond acceptors (Lipinski definition) is 1. The van der Waals surface area contributed by atoms with Crippen molar-refractivity contribution in [2.75, 3.05) is 13.6 Å². The highest BCUT2D eigenvalue weighted by atomic mass is 35.5. The topological polar surface area (TPSA) is 23.2 Å². The summed E-state index contributed by atoms with van der Waals surface area (Å²) in [5, 5.41) is 8.93. The monoisotopic (exact) mass is 338 g/mol. The third kappa shape index (κ3) is 18.8. The molecule has 1 atom stereocenters. The molecule has 0 saturated heterocycles. The number of likely N-dealkylation sites (N-methyl/N-ethyl adjacent to an activating group) is 1.